The summed E-state index contributed by atoms with van der Waals surface area (Å²) in [6.45, 7) is 0.193. The molecule has 0 saturated carbocycles. The molecule has 0 bridgehead atoms. The van der Waals surface area contributed by atoms with Crippen LogP contribution in [-0.4, -0.2) is 20.6 Å². The zero-order chi connectivity index (χ0) is 20.8. The number of amides is 1. The lowest BCUT2D eigenvalue weighted by Crippen LogP contribution is -2.23. The lowest BCUT2D eigenvalue weighted by atomic mass is 10.1. The lowest BCUT2D eigenvalue weighted by Gasteiger charge is -2.08. The van der Waals surface area contributed by atoms with Gasteiger partial charge in [0.15, 0.2) is 0 Å². The van der Waals surface area contributed by atoms with Gasteiger partial charge in [0.25, 0.3) is 11.2 Å². The Kier molecular flexibility index (Phi) is 6.08. The number of anilines is 1. The predicted molar refractivity (Wildman–Crippen MR) is 105 cm³/mol. The maximum atomic E-state index is 13.1. The summed E-state index contributed by atoms with van der Waals surface area (Å²) in [6.07, 6.45) is 0.368. The van der Waals surface area contributed by atoms with E-state index < -0.39 is 10.8 Å². The summed E-state index contributed by atoms with van der Waals surface area (Å²) >= 11 is 0. The number of hydrogen-bond donors (Lipinski definition) is 1. The maximum absolute atomic E-state index is 13.1. The highest BCUT2D eigenvalue weighted by atomic mass is 19.1. The van der Waals surface area contributed by atoms with Crippen LogP contribution in [0.1, 0.15) is 12.8 Å². The number of aryl methyl sites for hydroxylation is 1. The van der Waals surface area contributed by atoms with E-state index in [-0.39, 0.29) is 35.7 Å². The second-order valence-electron chi connectivity index (χ2n) is 6.21. The summed E-state index contributed by atoms with van der Waals surface area (Å²) in [4.78, 5) is 34.5. The molecule has 0 spiro atoms. The van der Waals surface area contributed by atoms with Gasteiger partial charge in [-0.05, 0) is 42.8 Å². The first-order valence-corrected chi connectivity index (χ1v) is 8.81. The molecule has 0 fully saturated rings. The summed E-state index contributed by atoms with van der Waals surface area (Å²) in [5.41, 5.74) is 0.778. The number of rotatable bonds is 7. The van der Waals surface area contributed by atoms with E-state index in [4.69, 9.17) is 0 Å². The molecule has 3 rings (SSSR count). The molecule has 0 aliphatic heterocycles. The molecular weight excluding hydrogens is 379 g/mol. The monoisotopic (exact) mass is 396 g/mol. The number of carbonyl (C=O) groups is 1. The van der Waals surface area contributed by atoms with Crippen molar-refractivity contribution in [3.05, 3.63) is 86.9 Å². The van der Waals surface area contributed by atoms with E-state index in [0.717, 1.165) is 0 Å². The fraction of sp³-hybridized carbons (Fsp3) is 0.150. The minimum Gasteiger partial charge on any atom is -0.320 e. The zero-order valence-electron chi connectivity index (χ0n) is 15.2. The number of aromatic nitrogens is 2. The van der Waals surface area contributed by atoms with Crippen molar-refractivity contribution in [3.63, 3.8) is 0 Å². The summed E-state index contributed by atoms with van der Waals surface area (Å²) < 4.78 is 14.3. The highest BCUT2D eigenvalue weighted by Gasteiger charge is 2.14. The number of carbonyl (C=O) groups excluding carboxylic acids is 1. The van der Waals surface area contributed by atoms with Gasteiger partial charge in [-0.2, -0.15) is 5.10 Å². The van der Waals surface area contributed by atoms with Crippen molar-refractivity contribution in [1.82, 2.24) is 9.78 Å². The van der Waals surface area contributed by atoms with Gasteiger partial charge in [-0.1, -0.05) is 12.1 Å². The van der Waals surface area contributed by atoms with Crippen LogP contribution in [0.25, 0.3) is 11.3 Å². The molecule has 29 heavy (non-hydrogen) atoms. The number of benzene rings is 2. The van der Waals surface area contributed by atoms with Crippen molar-refractivity contribution < 1.29 is 14.1 Å². The topological polar surface area (TPSA) is 107 Å². The SMILES string of the molecule is O=C(CCCn1nc(-c2ccc(F)cc2)ccc1=O)Nc1ccccc1[N+](=O)[O-]. The standard InChI is InChI=1S/C20H17FN4O4/c21-15-9-7-14(8-10-15)16-11-12-20(27)24(23-16)13-3-6-19(26)22-17-4-1-2-5-18(17)25(28)29/h1-2,4-5,7-12H,3,6,13H2,(H,22,26). The second kappa shape index (κ2) is 8.87. The molecule has 0 radical (unpaired) electrons. The number of nitrogens with zero attached hydrogens (tertiary/aromatic N) is 3. The number of halogens is 1. The van der Waals surface area contributed by atoms with Crippen molar-refractivity contribution in [1.29, 1.82) is 0 Å². The van der Waals surface area contributed by atoms with Gasteiger partial charge >= 0.3 is 0 Å². The van der Waals surface area contributed by atoms with Crippen molar-refractivity contribution >= 4 is 17.3 Å². The highest BCUT2D eigenvalue weighted by molar-refractivity contribution is 5.92. The lowest BCUT2D eigenvalue weighted by molar-refractivity contribution is -0.383. The van der Waals surface area contributed by atoms with E-state index in [2.05, 4.69) is 10.4 Å². The smallest absolute Gasteiger partial charge is 0.292 e. The van der Waals surface area contributed by atoms with Crippen LogP contribution < -0.4 is 10.9 Å². The molecule has 1 amide bonds. The normalized spacial score (nSPS) is 10.5. The van der Waals surface area contributed by atoms with Crippen LogP contribution in [0.15, 0.2) is 65.5 Å². The third-order valence-electron chi connectivity index (χ3n) is 4.16. The quantitative estimate of drug-likeness (QED) is 0.487. The molecule has 1 aromatic heterocycles. The molecular formula is C20H17FN4O4. The minimum atomic E-state index is -0.569. The average Bonchev–Trinajstić information content (AvgIpc) is 2.70. The van der Waals surface area contributed by atoms with Crippen molar-refractivity contribution in [2.45, 2.75) is 19.4 Å². The molecule has 1 heterocycles. The first-order chi connectivity index (χ1) is 13.9. The van der Waals surface area contributed by atoms with Gasteiger partial charge in [0.05, 0.1) is 10.6 Å². The Morgan fingerprint density at radius 3 is 2.55 bits per heavy atom. The molecule has 1 N–H and O–H groups in total. The molecule has 8 nitrogen and oxygen atoms in total. The summed E-state index contributed by atoms with van der Waals surface area (Å²) in [5, 5.41) is 17.8. The van der Waals surface area contributed by atoms with Gasteiger partial charge in [-0.25, -0.2) is 9.07 Å². The van der Waals surface area contributed by atoms with E-state index in [1.807, 2.05) is 0 Å². The molecule has 3 aromatic rings. The van der Waals surface area contributed by atoms with Crippen molar-refractivity contribution in [2.24, 2.45) is 0 Å². The van der Waals surface area contributed by atoms with Gasteiger partial charge in [-0.3, -0.25) is 19.7 Å². The minimum absolute atomic E-state index is 0.0565. The average molecular weight is 396 g/mol. The molecule has 0 aliphatic rings. The number of nitro benzene ring substituents is 1. The highest BCUT2D eigenvalue weighted by Crippen LogP contribution is 2.23. The van der Waals surface area contributed by atoms with Crippen LogP contribution in [0.5, 0.6) is 0 Å². The van der Waals surface area contributed by atoms with E-state index in [9.17, 15) is 24.1 Å². The molecule has 0 saturated heterocycles. The predicted octanol–water partition coefficient (Wildman–Crippen LogP) is 3.38. The zero-order valence-corrected chi connectivity index (χ0v) is 15.2. The largest absolute Gasteiger partial charge is 0.320 e. The van der Waals surface area contributed by atoms with E-state index >= 15 is 0 Å². The molecule has 2 aromatic carbocycles. The van der Waals surface area contributed by atoms with Crippen LogP contribution in [0, 0.1) is 15.9 Å². The van der Waals surface area contributed by atoms with E-state index in [0.29, 0.717) is 17.7 Å². The fourth-order valence-electron chi connectivity index (χ4n) is 2.72. The number of nitrogens with one attached hydrogen (secondary N) is 1. The van der Waals surface area contributed by atoms with Crippen molar-refractivity contribution in [3.8, 4) is 11.3 Å². The number of hydrogen-bond acceptors (Lipinski definition) is 5. The third kappa shape index (κ3) is 5.10. The molecule has 148 valence electrons. The van der Waals surface area contributed by atoms with Crippen LogP contribution in [0.2, 0.25) is 0 Å². The molecule has 0 aliphatic carbocycles. The van der Waals surface area contributed by atoms with Gasteiger partial charge in [0.2, 0.25) is 5.91 Å². The molecule has 0 atom stereocenters. The van der Waals surface area contributed by atoms with Crippen LogP contribution in [0.4, 0.5) is 15.8 Å². The van der Waals surface area contributed by atoms with Crippen LogP contribution in [-0.2, 0) is 11.3 Å². The molecule has 9 heteroatoms. The van der Waals surface area contributed by atoms with Crippen LogP contribution >= 0.6 is 0 Å². The third-order valence-corrected chi connectivity index (χ3v) is 4.16. The van der Waals surface area contributed by atoms with Gasteiger partial charge in [0.1, 0.15) is 11.5 Å². The Morgan fingerprint density at radius 2 is 1.83 bits per heavy atom. The Hall–Kier alpha value is -3.88. The number of nitro groups is 1. The summed E-state index contributed by atoms with van der Waals surface area (Å²) in [5.74, 6) is -0.770. The Balaban J connectivity index is 1.62. The number of para-hydroxylation sites is 2. The van der Waals surface area contributed by atoms with Gasteiger partial charge < -0.3 is 5.32 Å². The Bertz CT molecular complexity index is 1100. The molecule has 0 unspecified atom stereocenters. The first kappa shape index (κ1) is 19.9. The van der Waals surface area contributed by atoms with Gasteiger partial charge in [0, 0.05) is 30.7 Å². The Morgan fingerprint density at radius 1 is 1.10 bits per heavy atom. The van der Waals surface area contributed by atoms with Gasteiger partial charge in [-0.15, -0.1) is 0 Å². The first-order valence-electron chi connectivity index (χ1n) is 8.81. The van der Waals surface area contributed by atoms with E-state index in [1.165, 1.54) is 41.1 Å². The Labute approximate surface area is 164 Å². The van der Waals surface area contributed by atoms with Crippen molar-refractivity contribution in [2.75, 3.05) is 5.32 Å². The second-order valence-corrected chi connectivity index (χ2v) is 6.21. The summed E-state index contributed by atoms with van der Waals surface area (Å²) in [7, 11) is 0. The van der Waals surface area contributed by atoms with E-state index in [1.54, 1.807) is 24.3 Å². The maximum Gasteiger partial charge on any atom is 0.292 e. The fourth-order valence-corrected chi connectivity index (χ4v) is 2.72. The summed E-state index contributed by atoms with van der Waals surface area (Å²) in [6, 6.07) is 14.5. The van der Waals surface area contributed by atoms with Crippen LogP contribution in [0.3, 0.4) is 0 Å².